The lowest BCUT2D eigenvalue weighted by Crippen LogP contribution is -2.22. The summed E-state index contributed by atoms with van der Waals surface area (Å²) >= 11 is 3.21. The fourth-order valence-corrected chi connectivity index (χ4v) is 3.12. The maximum Gasteiger partial charge on any atom is 0.287 e. The van der Waals surface area contributed by atoms with E-state index in [0.29, 0.717) is 17.0 Å². The zero-order valence-corrected chi connectivity index (χ0v) is 16.4. The summed E-state index contributed by atoms with van der Waals surface area (Å²) in [6.07, 6.45) is 0. The molecule has 3 rings (SSSR count). The molecule has 0 aliphatic heterocycles. The summed E-state index contributed by atoms with van der Waals surface area (Å²) in [5, 5.41) is 2.92. The predicted octanol–water partition coefficient (Wildman–Crippen LogP) is 4.70. The van der Waals surface area contributed by atoms with Crippen molar-refractivity contribution in [3.63, 3.8) is 0 Å². The molecule has 5 heteroatoms. The Morgan fingerprint density at radius 1 is 1.04 bits per heavy atom. The van der Waals surface area contributed by atoms with Gasteiger partial charge < -0.3 is 14.6 Å². The second kappa shape index (κ2) is 8.34. The Labute approximate surface area is 162 Å². The molecule has 0 fully saturated rings. The molecule has 0 unspecified atom stereocenters. The average Bonchev–Trinajstić information content (AvgIpc) is 3.07. The third-order valence-electron chi connectivity index (χ3n) is 4.02. The van der Waals surface area contributed by atoms with Crippen LogP contribution in [0.4, 0.5) is 0 Å². The van der Waals surface area contributed by atoms with Crippen molar-refractivity contribution in [2.24, 2.45) is 0 Å². The van der Waals surface area contributed by atoms with E-state index in [-0.39, 0.29) is 5.91 Å². The number of furan rings is 1. The number of hydrogen-bond acceptors (Lipinski definition) is 3. The van der Waals surface area contributed by atoms with E-state index in [2.05, 4.69) is 70.6 Å². The number of carbonyl (C=O) groups is 1. The predicted molar refractivity (Wildman–Crippen MR) is 107 cm³/mol. The van der Waals surface area contributed by atoms with Crippen LogP contribution in [0.15, 0.2) is 69.8 Å². The highest BCUT2D eigenvalue weighted by Crippen LogP contribution is 2.24. The van der Waals surface area contributed by atoms with Crippen molar-refractivity contribution in [2.45, 2.75) is 13.1 Å². The van der Waals surface area contributed by atoms with Gasteiger partial charge in [0.05, 0.1) is 0 Å². The van der Waals surface area contributed by atoms with Crippen LogP contribution in [0.1, 0.15) is 21.7 Å². The Kier molecular flexibility index (Phi) is 5.91. The fourth-order valence-electron chi connectivity index (χ4n) is 2.81. The maximum atomic E-state index is 12.2. The van der Waals surface area contributed by atoms with E-state index >= 15 is 0 Å². The molecule has 2 aromatic carbocycles. The van der Waals surface area contributed by atoms with Gasteiger partial charge in [-0.25, -0.2) is 0 Å². The number of benzene rings is 2. The van der Waals surface area contributed by atoms with E-state index in [0.717, 1.165) is 23.2 Å². The molecule has 1 N–H and O–H groups in total. The van der Waals surface area contributed by atoms with Crippen LogP contribution in [0.5, 0.6) is 0 Å². The number of amides is 1. The minimum atomic E-state index is -0.230. The number of hydrogen-bond donors (Lipinski definition) is 1. The molecule has 1 aromatic heterocycles. The highest BCUT2D eigenvalue weighted by atomic mass is 79.9. The van der Waals surface area contributed by atoms with Crippen molar-refractivity contribution in [2.75, 3.05) is 14.1 Å². The van der Waals surface area contributed by atoms with Gasteiger partial charge in [-0.3, -0.25) is 4.79 Å². The van der Waals surface area contributed by atoms with E-state index in [4.69, 9.17) is 4.42 Å². The molecule has 0 saturated carbocycles. The Morgan fingerprint density at radius 3 is 2.42 bits per heavy atom. The van der Waals surface area contributed by atoms with Crippen LogP contribution in [0.25, 0.3) is 11.1 Å². The van der Waals surface area contributed by atoms with Gasteiger partial charge in [0.25, 0.3) is 5.91 Å². The molecule has 1 amide bonds. The summed E-state index contributed by atoms with van der Waals surface area (Å²) in [5.41, 5.74) is 4.59. The smallest absolute Gasteiger partial charge is 0.287 e. The second-order valence-electron chi connectivity index (χ2n) is 6.38. The lowest BCUT2D eigenvalue weighted by molar-refractivity contribution is 0.0922. The topological polar surface area (TPSA) is 45.5 Å². The van der Waals surface area contributed by atoms with Crippen molar-refractivity contribution >= 4 is 21.8 Å². The largest absolute Gasteiger partial charge is 0.444 e. The van der Waals surface area contributed by atoms with Gasteiger partial charge in [-0.2, -0.15) is 0 Å². The first-order valence-electron chi connectivity index (χ1n) is 8.38. The van der Waals surface area contributed by atoms with E-state index in [9.17, 15) is 4.79 Å². The zero-order valence-electron chi connectivity index (χ0n) is 14.8. The standard InChI is InChI=1S/C21H21BrN2O2/c1-24(2)14-15-7-9-16(10-8-15)18-6-4-3-5-17(18)13-23-21(25)19-11-12-20(22)26-19/h3-12H,13-14H2,1-2H3,(H,23,25). The monoisotopic (exact) mass is 412 g/mol. The van der Waals surface area contributed by atoms with E-state index in [1.54, 1.807) is 12.1 Å². The maximum absolute atomic E-state index is 12.2. The number of nitrogens with one attached hydrogen (secondary N) is 1. The Hall–Kier alpha value is -2.37. The Morgan fingerprint density at radius 2 is 1.77 bits per heavy atom. The Balaban J connectivity index is 1.74. The quantitative estimate of drug-likeness (QED) is 0.637. The molecule has 1 heterocycles. The summed E-state index contributed by atoms with van der Waals surface area (Å²) in [6.45, 7) is 1.35. The van der Waals surface area contributed by atoms with Gasteiger partial charge in [-0.1, -0.05) is 48.5 Å². The van der Waals surface area contributed by atoms with Crippen LogP contribution >= 0.6 is 15.9 Å². The molecular formula is C21H21BrN2O2. The van der Waals surface area contributed by atoms with Crippen molar-refractivity contribution in [3.05, 3.63) is 82.2 Å². The van der Waals surface area contributed by atoms with Crippen LogP contribution in [-0.4, -0.2) is 24.9 Å². The summed E-state index contributed by atoms with van der Waals surface area (Å²) in [4.78, 5) is 14.3. The van der Waals surface area contributed by atoms with Crippen LogP contribution < -0.4 is 5.32 Å². The number of nitrogens with zero attached hydrogens (tertiary/aromatic N) is 1. The first-order chi connectivity index (χ1) is 12.5. The van der Waals surface area contributed by atoms with Crippen LogP contribution in [0.3, 0.4) is 0 Å². The van der Waals surface area contributed by atoms with Gasteiger partial charge in [-0.15, -0.1) is 0 Å². The molecule has 0 atom stereocenters. The summed E-state index contributed by atoms with van der Waals surface area (Å²) in [5.74, 6) is 0.0641. The van der Waals surface area contributed by atoms with Gasteiger partial charge in [0.2, 0.25) is 0 Å². The van der Waals surface area contributed by atoms with Gasteiger partial charge in [0.1, 0.15) is 0 Å². The molecule has 4 nitrogen and oxygen atoms in total. The van der Waals surface area contributed by atoms with Crippen LogP contribution in [0, 0.1) is 0 Å². The first-order valence-corrected chi connectivity index (χ1v) is 9.18. The van der Waals surface area contributed by atoms with Crippen LogP contribution in [0.2, 0.25) is 0 Å². The lowest BCUT2D eigenvalue weighted by atomic mass is 9.98. The molecular weight excluding hydrogens is 392 g/mol. The first kappa shape index (κ1) is 18.4. The van der Waals surface area contributed by atoms with Crippen molar-refractivity contribution in [1.82, 2.24) is 10.2 Å². The SMILES string of the molecule is CN(C)Cc1ccc(-c2ccccc2CNC(=O)c2ccc(Br)o2)cc1. The molecule has 0 spiro atoms. The molecule has 0 bridgehead atoms. The summed E-state index contributed by atoms with van der Waals surface area (Å²) < 4.78 is 5.84. The van der Waals surface area contributed by atoms with Gasteiger partial charge in [0, 0.05) is 13.1 Å². The third kappa shape index (κ3) is 4.62. The number of halogens is 1. The zero-order chi connectivity index (χ0) is 18.5. The van der Waals surface area contributed by atoms with Gasteiger partial charge in [0.15, 0.2) is 10.4 Å². The third-order valence-corrected chi connectivity index (χ3v) is 4.44. The number of carbonyl (C=O) groups excluding carboxylic acids is 1. The van der Waals surface area contributed by atoms with E-state index in [1.165, 1.54) is 5.56 Å². The second-order valence-corrected chi connectivity index (χ2v) is 7.16. The van der Waals surface area contributed by atoms with Crippen molar-refractivity contribution < 1.29 is 9.21 Å². The molecule has 3 aromatic rings. The fraction of sp³-hybridized carbons (Fsp3) is 0.190. The molecule has 0 radical (unpaired) electrons. The molecule has 134 valence electrons. The molecule has 0 aliphatic carbocycles. The minimum Gasteiger partial charge on any atom is -0.444 e. The highest BCUT2D eigenvalue weighted by Gasteiger charge is 2.11. The van der Waals surface area contributed by atoms with Crippen molar-refractivity contribution in [1.29, 1.82) is 0 Å². The van der Waals surface area contributed by atoms with E-state index < -0.39 is 0 Å². The van der Waals surface area contributed by atoms with Gasteiger partial charge >= 0.3 is 0 Å². The molecule has 26 heavy (non-hydrogen) atoms. The van der Waals surface area contributed by atoms with Crippen LogP contribution in [-0.2, 0) is 13.1 Å². The molecule has 0 aliphatic rings. The van der Waals surface area contributed by atoms with Gasteiger partial charge in [-0.05, 0) is 64.4 Å². The Bertz CT molecular complexity index is 885. The number of rotatable bonds is 6. The van der Waals surface area contributed by atoms with E-state index in [1.807, 2.05) is 18.2 Å². The lowest BCUT2D eigenvalue weighted by Gasteiger charge is -2.13. The van der Waals surface area contributed by atoms with Crippen molar-refractivity contribution in [3.8, 4) is 11.1 Å². The average molecular weight is 413 g/mol. The summed E-state index contributed by atoms with van der Waals surface area (Å²) in [6, 6.07) is 20.0. The molecule has 0 saturated heterocycles. The normalized spacial score (nSPS) is 10.9. The minimum absolute atomic E-state index is 0.230. The summed E-state index contributed by atoms with van der Waals surface area (Å²) in [7, 11) is 4.12. The highest BCUT2D eigenvalue weighted by molar-refractivity contribution is 9.10.